The van der Waals surface area contributed by atoms with Crippen LogP contribution >= 0.6 is 23.2 Å². The Bertz CT molecular complexity index is 1230. The van der Waals surface area contributed by atoms with E-state index in [0.29, 0.717) is 22.2 Å². The zero-order valence-electron chi connectivity index (χ0n) is 14.9. The van der Waals surface area contributed by atoms with Gasteiger partial charge in [0, 0.05) is 22.8 Å². The lowest BCUT2D eigenvalue weighted by Gasteiger charge is -2.10. The molecule has 0 unspecified atom stereocenters. The Morgan fingerprint density at radius 3 is 2.57 bits per heavy atom. The fourth-order valence-corrected chi connectivity index (χ4v) is 3.25. The van der Waals surface area contributed by atoms with Crippen LogP contribution in [0.3, 0.4) is 0 Å². The van der Waals surface area contributed by atoms with E-state index in [1.165, 1.54) is 30.3 Å². The normalized spacial score (nSPS) is 12.0. The second kappa shape index (κ2) is 7.66. The molecule has 4 rings (SSSR count). The van der Waals surface area contributed by atoms with E-state index in [1.54, 1.807) is 18.2 Å². The van der Waals surface area contributed by atoms with E-state index in [9.17, 15) is 19.7 Å². The van der Waals surface area contributed by atoms with Gasteiger partial charge in [-0.2, -0.15) is 0 Å². The highest BCUT2D eigenvalue weighted by Crippen LogP contribution is 2.38. The van der Waals surface area contributed by atoms with Gasteiger partial charge in [0.15, 0.2) is 5.75 Å². The van der Waals surface area contributed by atoms with Crippen molar-refractivity contribution in [1.82, 2.24) is 0 Å². The van der Waals surface area contributed by atoms with Crippen LogP contribution < -0.4 is 15.4 Å². The zero-order valence-corrected chi connectivity index (χ0v) is 16.5. The zero-order chi connectivity index (χ0) is 21.4. The van der Waals surface area contributed by atoms with E-state index in [1.807, 2.05) is 0 Å². The second-order valence-corrected chi connectivity index (χ2v) is 7.13. The minimum Gasteiger partial charge on any atom is -0.454 e. The molecule has 0 aromatic heterocycles. The number of ether oxygens (including phenoxy) is 1. The number of nitro groups is 1. The van der Waals surface area contributed by atoms with E-state index in [0.717, 1.165) is 6.07 Å². The number of halogens is 2. The molecule has 0 saturated heterocycles. The number of amides is 2. The first-order chi connectivity index (χ1) is 14.3. The number of hydrogen-bond acceptors (Lipinski definition) is 5. The molecule has 2 amide bonds. The van der Waals surface area contributed by atoms with Gasteiger partial charge in [-0.3, -0.25) is 19.7 Å². The summed E-state index contributed by atoms with van der Waals surface area (Å²) in [6.07, 6.45) is 0. The van der Waals surface area contributed by atoms with Crippen LogP contribution in [-0.4, -0.2) is 16.7 Å². The van der Waals surface area contributed by atoms with Crippen LogP contribution in [-0.2, 0) is 0 Å². The lowest BCUT2D eigenvalue weighted by Crippen LogP contribution is -2.14. The summed E-state index contributed by atoms with van der Waals surface area (Å²) in [4.78, 5) is 35.5. The van der Waals surface area contributed by atoms with Crippen molar-refractivity contribution >= 4 is 52.1 Å². The summed E-state index contributed by atoms with van der Waals surface area (Å²) in [5.74, 6) is -0.393. The highest BCUT2D eigenvalue weighted by atomic mass is 35.5. The first-order valence-electron chi connectivity index (χ1n) is 8.50. The summed E-state index contributed by atoms with van der Waals surface area (Å²) in [6.45, 7) is 0. The number of nitro benzene ring substituents is 1. The van der Waals surface area contributed by atoms with Gasteiger partial charge in [-0.05, 0) is 42.5 Å². The maximum atomic E-state index is 12.6. The summed E-state index contributed by atoms with van der Waals surface area (Å²) in [7, 11) is 0. The average Bonchev–Trinajstić information content (AvgIpc) is 2.83. The van der Waals surface area contributed by atoms with Crippen molar-refractivity contribution in [2.24, 2.45) is 0 Å². The lowest BCUT2D eigenvalue weighted by molar-refractivity contribution is -0.384. The number of rotatable bonds is 3. The molecular weight excluding hydrogens is 433 g/mol. The fourth-order valence-electron chi connectivity index (χ4n) is 2.87. The smallest absolute Gasteiger partial charge is 0.270 e. The Morgan fingerprint density at radius 1 is 1.03 bits per heavy atom. The Balaban J connectivity index is 1.63. The Morgan fingerprint density at radius 2 is 1.80 bits per heavy atom. The molecule has 0 saturated carbocycles. The summed E-state index contributed by atoms with van der Waals surface area (Å²) >= 11 is 12.0. The van der Waals surface area contributed by atoms with Gasteiger partial charge in [0.2, 0.25) is 0 Å². The molecule has 0 fully saturated rings. The molecule has 1 aliphatic rings. The number of carbonyl (C=O) groups excluding carboxylic acids is 2. The number of fused-ring (bicyclic) bond motifs is 2. The van der Waals surface area contributed by atoms with E-state index in [-0.39, 0.29) is 27.5 Å². The van der Waals surface area contributed by atoms with Crippen LogP contribution in [0.25, 0.3) is 0 Å². The van der Waals surface area contributed by atoms with E-state index < -0.39 is 16.7 Å². The molecule has 0 radical (unpaired) electrons. The van der Waals surface area contributed by atoms with Crippen LogP contribution in [0.1, 0.15) is 20.7 Å². The summed E-state index contributed by atoms with van der Waals surface area (Å²) in [5, 5.41) is 16.7. The number of carbonyl (C=O) groups is 2. The van der Waals surface area contributed by atoms with Crippen LogP contribution in [0.5, 0.6) is 11.5 Å². The van der Waals surface area contributed by atoms with Gasteiger partial charge in [-0.15, -0.1) is 0 Å². The second-order valence-electron chi connectivity index (χ2n) is 6.28. The third-order valence-electron chi connectivity index (χ3n) is 4.30. The van der Waals surface area contributed by atoms with Crippen molar-refractivity contribution < 1.29 is 19.2 Å². The standard InChI is InChI=1S/C20H11Cl2N3O5/c21-10-1-5-18-16(7-10)24-20(27)14-8-11(2-6-17(14)30-18)23-19(26)13-9-12(25(28)29)3-4-15(13)22/h1-9H,(H,23,26)(H,24,27). The Kier molecular flexibility index (Phi) is 5.03. The van der Waals surface area contributed by atoms with Crippen molar-refractivity contribution in [2.45, 2.75) is 0 Å². The molecule has 0 bridgehead atoms. The molecule has 30 heavy (non-hydrogen) atoms. The third kappa shape index (κ3) is 3.78. The fraction of sp³-hybridized carbons (Fsp3) is 0. The Labute approximate surface area is 179 Å². The maximum Gasteiger partial charge on any atom is 0.270 e. The number of nitrogens with one attached hydrogen (secondary N) is 2. The summed E-state index contributed by atoms with van der Waals surface area (Å²) < 4.78 is 5.78. The van der Waals surface area contributed by atoms with Gasteiger partial charge < -0.3 is 15.4 Å². The number of hydrogen-bond donors (Lipinski definition) is 2. The predicted octanol–water partition coefficient (Wildman–Crippen LogP) is 5.51. The molecule has 0 spiro atoms. The number of anilines is 2. The lowest BCUT2D eigenvalue weighted by atomic mass is 10.1. The van der Waals surface area contributed by atoms with Crippen molar-refractivity contribution in [2.75, 3.05) is 10.6 Å². The highest BCUT2D eigenvalue weighted by molar-refractivity contribution is 6.34. The van der Waals surface area contributed by atoms with E-state index in [2.05, 4.69) is 10.6 Å². The van der Waals surface area contributed by atoms with Crippen LogP contribution in [0.4, 0.5) is 17.1 Å². The van der Waals surface area contributed by atoms with Gasteiger partial charge in [0.05, 0.1) is 26.8 Å². The van der Waals surface area contributed by atoms with Gasteiger partial charge in [-0.1, -0.05) is 23.2 Å². The molecule has 1 aliphatic heterocycles. The average molecular weight is 444 g/mol. The highest BCUT2D eigenvalue weighted by Gasteiger charge is 2.22. The van der Waals surface area contributed by atoms with Gasteiger partial charge in [-0.25, -0.2) is 0 Å². The first-order valence-corrected chi connectivity index (χ1v) is 9.25. The number of nitrogens with zero attached hydrogens (tertiary/aromatic N) is 1. The van der Waals surface area contributed by atoms with Gasteiger partial charge >= 0.3 is 0 Å². The quantitative estimate of drug-likeness (QED) is 0.409. The maximum absolute atomic E-state index is 12.6. The molecule has 1 heterocycles. The monoisotopic (exact) mass is 443 g/mol. The van der Waals surface area contributed by atoms with E-state index in [4.69, 9.17) is 27.9 Å². The molecular formula is C20H11Cl2N3O5. The largest absolute Gasteiger partial charge is 0.454 e. The summed E-state index contributed by atoms with van der Waals surface area (Å²) in [5.41, 5.74) is 0.547. The van der Waals surface area contributed by atoms with Crippen molar-refractivity contribution in [1.29, 1.82) is 0 Å². The van der Waals surface area contributed by atoms with Crippen molar-refractivity contribution in [3.63, 3.8) is 0 Å². The Hall–Kier alpha value is -3.62. The minimum absolute atomic E-state index is 0.0567. The molecule has 150 valence electrons. The van der Waals surface area contributed by atoms with Crippen molar-refractivity contribution in [3.05, 3.63) is 85.9 Å². The van der Waals surface area contributed by atoms with E-state index >= 15 is 0 Å². The summed E-state index contributed by atoms with van der Waals surface area (Å²) in [6, 6.07) is 12.9. The van der Waals surface area contributed by atoms with Crippen LogP contribution in [0.15, 0.2) is 54.6 Å². The molecule has 10 heteroatoms. The van der Waals surface area contributed by atoms with Gasteiger partial charge in [0.1, 0.15) is 5.75 Å². The number of benzene rings is 3. The van der Waals surface area contributed by atoms with Crippen LogP contribution in [0, 0.1) is 10.1 Å². The molecule has 3 aromatic rings. The molecule has 2 N–H and O–H groups in total. The van der Waals surface area contributed by atoms with Crippen LogP contribution in [0.2, 0.25) is 10.0 Å². The topological polar surface area (TPSA) is 111 Å². The molecule has 0 atom stereocenters. The third-order valence-corrected chi connectivity index (χ3v) is 4.86. The molecule has 0 aliphatic carbocycles. The van der Waals surface area contributed by atoms with Gasteiger partial charge in [0.25, 0.3) is 17.5 Å². The predicted molar refractivity (Wildman–Crippen MR) is 112 cm³/mol. The molecule has 3 aromatic carbocycles. The number of non-ortho nitro benzene ring substituents is 1. The molecule has 8 nitrogen and oxygen atoms in total. The SMILES string of the molecule is O=C(Nc1ccc2c(c1)C(=O)Nc1cc(Cl)ccc1O2)c1cc([N+](=O)[O-])ccc1Cl. The minimum atomic E-state index is -0.659. The van der Waals surface area contributed by atoms with Crippen molar-refractivity contribution in [3.8, 4) is 11.5 Å². The first kappa shape index (κ1) is 19.7.